The molecule has 8 nitrogen and oxygen atoms in total. The maximum Gasteiger partial charge on any atom is 0.422 e. The van der Waals surface area contributed by atoms with Crippen LogP contribution in [0.1, 0.15) is 28.4 Å². The van der Waals surface area contributed by atoms with Crippen LogP contribution in [0.4, 0.5) is 24.5 Å². The van der Waals surface area contributed by atoms with Gasteiger partial charge in [0.15, 0.2) is 18.1 Å². The van der Waals surface area contributed by atoms with Crippen molar-refractivity contribution in [2.75, 3.05) is 31.8 Å². The topological polar surface area (TPSA) is 123 Å². The van der Waals surface area contributed by atoms with Gasteiger partial charge in [0, 0.05) is 11.4 Å². The lowest BCUT2D eigenvalue weighted by Gasteiger charge is -2.12. The molecular weight excluding hydrogens is 505 g/mol. The molecule has 0 aromatic heterocycles. The van der Waals surface area contributed by atoms with Crippen molar-refractivity contribution in [1.82, 2.24) is 0 Å². The Morgan fingerprint density at radius 2 is 1.55 bits per heavy atom. The van der Waals surface area contributed by atoms with Crippen molar-refractivity contribution in [3.8, 4) is 17.2 Å². The lowest BCUT2D eigenvalue weighted by atomic mass is 10.0. The quantitative estimate of drug-likeness (QED) is 0.128. The molecular formula is C27H25F3N2O6. The average Bonchev–Trinajstić information content (AvgIpc) is 2.86. The van der Waals surface area contributed by atoms with Crippen molar-refractivity contribution in [3.63, 3.8) is 0 Å². The van der Waals surface area contributed by atoms with Crippen LogP contribution >= 0.6 is 0 Å². The van der Waals surface area contributed by atoms with Gasteiger partial charge in [0.25, 0.3) is 0 Å². The first-order valence-electron chi connectivity index (χ1n) is 11.2. The van der Waals surface area contributed by atoms with E-state index in [0.29, 0.717) is 22.5 Å². The third kappa shape index (κ3) is 7.66. The number of hydrogen-bond acceptors (Lipinski definition) is 8. The first-order valence-corrected chi connectivity index (χ1v) is 11.2. The van der Waals surface area contributed by atoms with Gasteiger partial charge in [0.2, 0.25) is 0 Å². The highest BCUT2D eigenvalue weighted by atomic mass is 19.4. The zero-order valence-electron chi connectivity index (χ0n) is 20.5. The van der Waals surface area contributed by atoms with Gasteiger partial charge >= 0.3 is 18.1 Å². The van der Waals surface area contributed by atoms with Gasteiger partial charge in [-0.1, -0.05) is 6.07 Å². The number of carbonyl (C=O) groups is 2. The molecule has 3 rings (SSSR count). The van der Waals surface area contributed by atoms with Crippen LogP contribution in [-0.2, 0) is 9.53 Å². The van der Waals surface area contributed by atoms with Gasteiger partial charge in [-0.05, 0) is 78.7 Å². The summed E-state index contributed by atoms with van der Waals surface area (Å²) in [5.41, 5.74) is 13.8. The lowest BCUT2D eigenvalue weighted by molar-refractivity contribution is -0.153. The van der Waals surface area contributed by atoms with Crippen molar-refractivity contribution in [2.24, 2.45) is 0 Å². The van der Waals surface area contributed by atoms with E-state index >= 15 is 0 Å². The highest BCUT2D eigenvalue weighted by molar-refractivity contribution is 6.22. The predicted octanol–water partition coefficient (Wildman–Crippen LogP) is 5.12. The standard InChI is InChI=1S/C27H25F3N2O6/c1-3-36-26(34)22(18-12-19(31)14-20(32)13-18)10-16-4-9-23(24(11-16)35-2)38-25(33)17-5-7-21(8-6-17)37-15-27(28,29)30/h4-14H,3,15,31-32H2,1-2H3. The Balaban J connectivity index is 1.84. The number of nitrogen functional groups attached to an aromatic ring is 2. The molecule has 0 heterocycles. The fourth-order valence-corrected chi connectivity index (χ4v) is 3.34. The number of hydrogen-bond donors (Lipinski definition) is 2. The summed E-state index contributed by atoms with van der Waals surface area (Å²) in [6, 6.07) is 14.4. The molecule has 0 aliphatic carbocycles. The fourth-order valence-electron chi connectivity index (χ4n) is 3.34. The van der Waals surface area contributed by atoms with Crippen LogP contribution in [0.2, 0.25) is 0 Å². The van der Waals surface area contributed by atoms with Crippen LogP contribution in [0, 0.1) is 0 Å². The second-order valence-electron chi connectivity index (χ2n) is 7.89. The van der Waals surface area contributed by atoms with Gasteiger partial charge in [-0.3, -0.25) is 0 Å². The molecule has 0 saturated carbocycles. The molecule has 0 atom stereocenters. The lowest BCUT2D eigenvalue weighted by Crippen LogP contribution is -2.19. The third-order valence-electron chi connectivity index (χ3n) is 4.98. The Labute approximate surface area is 216 Å². The average molecular weight is 530 g/mol. The smallest absolute Gasteiger partial charge is 0.422 e. The van der Waals surface area contributed by atoms with Gasteiger partial charge in [-0.15, -0.1) is 0 Å². The molecule has 3 aromatic rings. The van der Waals surface area contributed by atoms with Crippen LogP contribution in [0.5, 0.6) is 17.2 Å². The summed E-state index contributed by atoms with van der Waals surface area (Å²) in [5, 5.41) is 0. The second kappa shape index (κ2) is 12.0. The number of esters is 2. The van der Waals surface area contributed by atoms with Crippen molar-refractivity contribution in [2.45, 2.75) is 13.1 Å². The van der Waals surface area contributed by atoms with Gasteiger partial charge < -0.3 is 30.4 Å². The first kappa shape index (κ1) is 27.9. The molecule has 3 aromatic carbocycles. The van der Waals surface area contributed by atoms with Gasteiger partial charge in [-0.25, -0.2) is 9.59 Å². The minimum atomic E-state index is -4.48. The maximum absolute atomic E-state index is 12.7. The van der Waals surface area contributed by atoms with E-state index in [1.54, 1.807) is 43.3 Å². The van der Waals surface area contributed by atoms with Crippen molar-refractivity contribution >= 4 is 35.0 Å². The molecule has 200 valence electrons. The zero-order valence-corrected chi connectivity index (χ0v) is 20.5. The van der Waals surface area contributed by atoms with Crippen molar-refractivity contribution in [3.05, 3.63) is 77.4 Å². The summed E-state index contributed by atoms with van der Waals surface area (Å²) in [6.07, 6.45) is -2.92. The number of carbonyl (C=O) groups excluding carboxylic acids is 2. The van der Waals surface area contributed by atoms with E-state index in [9.17, 15) is 22.8 Å². The fraction of sp³-hybridized carbons (Fsp3) is 0.185. The van der Waals surface area contributed by atoms with Gasteiger partial charge in [0.1, 0.15) is 5.75 Å². The molecule has 0 radical (unpaired) electrons. The van der Waals surface area contributed by atoms with Crippen molar-refractivity contribution in [1.29, 1.82) is 0 Å². The molecule has 11 heteroatoms. The van der Waals surface area contributed by atoms with E-state index in [0.717, 1.165) is 0 Å². The highest BCUT2D eigenvalue weighted by Gasteiger charge is 2.28. The molecule has 0 fully saturated rings. The van der Waals surface area contributed by atoms with E-state index in [2.05, 4.69) is 4.74 Å². The number of methoxy groups -OCH3 is 1. The predicted molar refractivity (Wildman–Crippen MR) is 136 cm³/mol. The van der Waals surface area contributed by atoms with Gasteiger partial charge in [-0.2, -0.15) is 13.2 Å². The second-order valence-corrected chi connectivity index (χ2v) is 7.89. The minimum Gasteiger partial charge on any atom is -0.493 e. The maximum atomic E-state index is 12.7. The monoisotopic (exact) mass is 530 g/mol. The number of alkyl halides is 3. The van der Waals surface area contributed by atoms with E-state index in [-0.39, 0.29) is 35.0 Å². The van der Waals surface area contributed by atoms with Crippen LogP contribution in [0.15, 0.2) is 60.7 Å². The number of anilines is 2. The number of benzene rings is 3. The summed E-state index contributed by atoms with van der Waals surface area (Å²) in [4.78, 5) is 25.3. The highest BCUT2D eigenvalue weighted by Crippen LogP contribution is 2.32. The van der Waals surface area contributed by atoms with Crippen LogP contribution in [-0.4, -0.2) is 38.4 Å². The van der Waals surface area contributed by atoms with Crippen LogP contribution in [0.3, 0.4) is 0 Å². The summed E-state index contributed by atoms with van der Waals surface area (Å²) in [5.74, 6) is -1.14. The molecule has 0 unspecified atom stereocenters. The van der Waals surface area contributed by atoms with Gasteiger partial charge in [0.05, 0.1) is 24.9 Å². The number of ether oxygens (including phenoxy) is 4. The number of rotatable bonds is 9. The SMILES string of the molecule is CCOC(=O)C(=Cc1ccc(OC(=O)c2ccc(OCC(F)(F)F)cc2)c(OC)c1)c1cc(N)cc(N)c1. The summed E-state index contributed by atoms with van der Waals surface area (Å²) in [6.45, 7) is 0.387. The van der Waals surface area contributed by atoms with Crippen molar-refractivity contribution < 1.29 is 41.7 Å². The molecule has 0 saturated heterocycles. The Morgan fingerprint density at radius 1 is 0.895 bits per heavy atom. The Kier molecular flexibility index (Phi) is 8.85. The minimum absolute atomic E-state index is 0.0491. The Bertz CT molecular complexity index is 1320. The summed E-state index contributed by atoms with van der Waals surface area (Å²) >= 11 is 0. The number of nitrogens with two attached hydrogens (primary N) is 2. The molecule has 0 aliphatic heterocycles. The molecule has 0 bridgehead atoms. The Morgan fingerprint density at radius 3 is 2.13 bits per heavy atom. The van der Waals surface area contributed by atoms with Crippen LogP contribution < -0.4 is 25.7 Å². The largest absolute Gasteiger partial charge is 0.493 e. The zero-order chi connectivity index (χ0) is 27.9. The molecule has 0 aliphatic rings. The van der Waals surface area contributed by atoms with E-state index < -0.39 is 24.7 Å². The van der Waals surface area contributed by atoms with E-state index in [4.69, 9.17) is 25.7 Å². The first-order chi connectivity index (χ1) is 18.0. The normalized spacial score (nSPS) is 11.6. The molecule has 38 heavy (non-hydrogen) atoms. The molecule has 4 N–H and O–H groups in total. The number of halogens is 3. The van der Waals surface area contributed by atoms with Crippen LogP contribution in [0.25, 0.3) is 11.6 Å². The molecule has 0 amide bonds. The van der Waals surface area contributed by atoms with E-state index in [1.807, 2.05) is 0 Å². The Hall–Kier alpha value is -4.67. The summed E-state index contributed by atoms with van der Waals surface area (Å²) in [7, 11) is 1.37. The summed E-state index contributed by atoms with van der Waals surface area (Å²) < 4.78 is 57.5. The molecule has 0 spiro atoms. The third-order valence-corrected chi connectivity index (χ3v) is 4.98. The van der Waals surface area contributed by atoms with E-state index in [1.165, 1.54) is 37.4 Å².